The molecule has 1 aromatic heterocycles. The summed E-state index contributed by atoms with van der Waals surface area (Å²) in [6.45, 7) is 1.87. The van der Waals surface area contributed by atoms with Crippen LogP contribution >= 0.6 is 0 Å². The van der Waals surface area contributed by atoms with E-state index in [4.69, 9.17) is 0 Å². The summed E-state index contributed by atoms with van der Waals surface area (Å²) < 4.78 is 0. The van der Waals surface area contributed by atoms with Gasteiger partial charge in [0.15, 0.2) is 0 Å². The van der Waals surface area contributed by atoms with Gasteiger partial charge in [-0.1, -0.05) is 18.2 Å². The van der Waals surface area contributed by atoms with Crippen molar-refractivity contribution in [2.24, 2.45) is 0 Å². The van der Waals surface area contributed by atoms with E-state index >= 15 is 0 Å². The number of nitrogens with zero attached hydrogens (tertiary/aromatic N) is 2. The van der Waals surface area contributed by atoms with Crippen LogP contribution in [0.1, 0.15) is 5.69 Å². The molecular weight excluding hydrogens is 190 g/mol. The molecule has 1 aromatic carbocycles. The maximum atomic E-state index is 11.7. The van der Waals surface area contributed by atoms with E-state index < -0.39 is 0 Å². The maximum absolute atomic E-state index is 11.7. The van der Waals surface area contributed by atoms with E-state index in [1.54, 1.807) is 13.1 Å². The Morgan fingerprint density at radius 1 is 1.20 bits per heavy atom. The topological polar surface area (TPSA) is 54.9 Å². The van der Waals surface area contributed by atoms with E-state index in [0.29, 0.717) is 11.5 Å². The first-order valence-electron chi connectivity index (χ1n) is 4.68. The molecule has 2 rings (SSSR count). The zero-order valence-corrected chi connectivity index (χ0v) is 8.61. The molecule has 1 N–H and O–H groups in total. The highest BCUT2D eigenvalue weighted by molar-refractivity contribution is 5.80. The fourth-order valence-electron chi connectivity index (χ4n) is 1.45. The number of nitrogens with one attached hydrogen (secondary N) is 1. The van der Waals surface area contributed by atoms with Crippen LogP contribution < -0.4 is 10.7 Å². The first kappa shape index (κ1) is 9.58. The smallest absolute Gasteiger partial charge is 0.223 e. The molecular formula is C11H11N3O. The van der Waals surface area contributed by atoms with E-state index in [9.17, 15) is 4.79 Å². The van der Waals surface area contributed by atoms with Gasteiger partial charge in [0.2, 0.25) is 11.4 Å². The lowest BCUT2D eigenvalue weighted by Gasteiger charge is -2.01. The third-order valence-corrected chi connectivity index (χ3v) is 2.21. The Kier molecular flexibility index (Phi) is 2.33. The number of aromatic nitrogens is 2. The molecule has 4 nitrogen and oxygen atoms in total. The monoisotopic (exact) mass is 201 g/mol. The summed E-state index contributed by atoms with van der Waals surface area (Å²) in [5.41, 5.74) is 1.17. The number of rotatable bonds is 1. The SMILES string of the molecule is CNc1nc(C)c2ccccc(=O)c2n1. The van der Waals surface area contributed by atoms with E-state index in [1.165, 1.54) is 6.07 Å². The Morgan fingerprint density at radius 2 is 1.93 bits per heavy atom. The molecule has 4 heteroatoms. The molecule has 0 atom stereocenters. The van der Waals surface area contributed by atoms with E-state index in [-0.39, 0.29) is 5.43 Å². The second kappa shape index (κ2) is 3.65. The molecule has 0 amide bonds. The van der Waals surface area contributed by atoms with E-state index in [2.05, 4.69) is 15.3 Å². The molecule has 0 radical (unpaired) electrons. The second-order valence-corrected chi connectivity index (χ2v) is 3.23. The van der Waals surface area contributed by atoms with Crippen molar-refractivity contribution in [3.05, 3.63) is 40.2 Å². The summed E-state index contributed by atoms with van der Waals surface area (Å²) in [5, 5.41) is 3.63. The average molecular weight is 201 g/mol. The van der Waals surface area contributed by atoms with Gasteiger partial charge in [-0.3, -0.25) is 4.79 Å². The number of aryl methyl sites for hydroxylation is 1. The van der Waals surface area contributed by atoms with E-state index in [1.807, 2.05) is 19.1 Å². The van der Waals surface area contributed by atoms with Gasteiger partial charge < -0.3 is 5.32 Å². The third-order valence-electron chi connectivity index (χ3n) is 2.21. The predicted octanol–water partition coefficient (Wildman–Crippen LogP) is 1.34. The number of anilines is 1. The van der Waals surface area contributed by atoms with Crippen molar-refractivity contribution in [3.63, 3.8) is 0 Å². The first-order chi connectivity index (χ1) is 7.22. The molecule has 15 heavy (non-hydrogen) atoms. The van der Waals surface area contributed by atoms with Crippen molar-refractivity contribution in [2.75, 3.05) is 12.4 Å². The highest BCUT2D eigenvalue weighted by atomic mass is 16.1. The standard InChI is InChI=1S/C11H11N3O/c1-7-8-5-3-4-6-9(15)10(8)14-11(12-2)13-7/h3-6H,1-2H3,(H,12,13,14). The molecule has 0 spiro atoms. The Bertz CT molecular complexity index is 566. The fraction of sp³-hybridized carbons (Fsp3) is 0.182. The van der Waals surface area contributed by atoms with Crippen molar-refractivity contribution in [3.8, 4) is 0 Å². The van der Waals surface area contributed by atoms with Gasteiger partial charge in [0, 0.05) is 12.4 Å². The van der Waals surface area contributed by atoms with Crippen LogP contribution in [0.4, 0.5) is 5.95 Å². The number of hydrogen-bond donors (Lipinski definition) is 1. The molecule has 2 aromatic rings. The van der Waals surface area contributed by atoms with Crippen LogP contribution in [-0.2, 0) is 0 Å². The van der Waals surface area contributed by atoms with Crippen LogP contribution in [0.15, 0.2) is 29.1 Å². The Morgan fingerprint density at radius 3 is 2.67 bits per heavy atom. The Hall–Kier alpha value is -1.97. The van der Waals surface area contributed by atoms with Gasteiger partial charge in [-0.05, 0) is 13.0 Å². The maximum Gasteiger partial charge on any atom is 0.223 e. The Labute approximate surface area is 87.0 Å². The van der Waals surface area contributed by atoms with Crippen molar-refractivity contribution >= 4 is 16.9 Å². The van der Waals surface area contributed by atoms with Crippen LogP contribution in [0.5, 0.6) is 0 Å². The lowest BCUT2D eigenvalue weighted by atomic mass is 10.2. The molecule has 1 heterocycles. The molecule has 76 valence electrons. The highest BCUT2D eigenvalue weighted by Gasteiger charge is 2.04. The molecule has 0 aliphatic heterocycles. The first-order valence-corrected chi connectivity index (χ1v) is 4.68. The van der Waals surface area contributed by atoms with Crippen LogP contribution in [0, 0.1) is 6.92 Å². The van der Waals surface area contributed by atoms with E-state index in [0.717, 1.165) is 11.1 Å². The van der Waals surface area contributed by atoms with Gasteiger partial charge in [-0.25, -0.2) is 9.97 Å². The largest absolute Gasteiger partial charge is 0.357 e. The van der Waals surface area contributed by atoms with Crippen molar-refractivity contribution in [1.82, 2.24) is 9.97 Å². The van der Waals surface area contributed by atoms with Gasteiger partial charge in [-0.15, -0.1) is 0 Å². The van der Waals surface area contributed by atoms with Gasteiger partial charge in [0.1, 0.15) is 5.52 Å². The van der Waals surface area contributed by atoms with Crippen molar-refractivity contribution in [1.29, 1.82) is 0 Å². The summed E-state index contributed by atoms with van der Waals surface area (Å²) >= 11 is 0. The summed E-state index contributed by atoms with van der Waals surface area (Å²) in [4.78, 5) is 20.1. The van der Waals surface area contributed by atoms with Gasteiger partial charge >= 0.3 is 0 Å². The van der Waals surface area contributed by atoms with Crippen molar-refractivity contribution < 1.29 is 0 Å². The van der Waals surface area contributed by atoms with Gasteiger partial charge in [0.25, 0.3) is 0 Å². The fourth-order valence-corrected chi connectivity index (χ4v) is 1.45. The van der Waals surface area contributed by atoms with Gasteiger partial charge in [-0.2, -0.15) is 0 Å². The average Bonchev–Trinajstić information content (AvgIpc) is 2.41. The lowest BCUT2D eigenvalue weighted by Crippen LogP contribution is -2.04. The molecule has 0 bridgehead atoms. The molecule has 0 saturated carbocycles. The molecule has 0 saturated heterocycles. The molecule has 0 fully saturated rings. The lowest BCUT2D eigenvalue weighted by molar-refractivity contribution is 1.14. The number of fused-ring (bicyclic) bond motifs is 1. The quantitative estimate of drug-likeness (QED) is 0.756. The predicted molar refractivity (Wildman–Crippen MR) is 60.1 cm³/mol. The summed E-state index contributed by atoms with van der Waals surface area (Å²) in [6.07, 6.45) is 0. The van der Waals surface area contributed by atoms with Crippen LogP contribution in [0.25, 0.3) is 10.9 Å². The van der Waals surface area contributed by atoms with Crippen LogP contribution in [-0.4, -0.2) is 17.0 Å². The summed E-state index contributed by atoms with van der Waals surface area (Å²) in [6, 6.07) is 6.89. The summed E-state index contributed by atoms with van der Waals surface area (Å²) in [5.74, 6) is 0.475. The highest BCUT2D eigenvalue weighted by Crippen LogP contribution is 2.12. The van der Waals surface area contributed by atoms with Crippen LogP contribution in [0.2, 0.25) is 0 Å². The summed E-state index contributed by atoms with van der Waals surface area (Å²) in [7, 11) is 1.73. The minimum absolute atomic E-state index is 0.0861. The zero-order valence-electron chi connectivity index (χ0n) is 8.61. The molecule has 0 unspecified atom stereocenters. The molecule has 0 aliphatic carbocycles. The minimum Gasteiger partial charge on any atom is -0.357 e. The van der Waals surface area contributed by atoms with Crippen LogP contribution in [0.3, 0.4) is 0 Å². The number of hydrogen-bond acceptors (Lipinski definition) is 4. The second-order valence-electron chi connectivity index (χ2n) is 3.23. The normalized spacial score (nSPS) is 10.3. The third kappa shape index (κ3) is 1.66. The van der Waals surface area contributed by atoms with Crippen molar-refractivity contribution in [2.45, 2.75) is 6.92 Å². The Balaban J connectivity index is 2.96. The zero-order chi connectivity index (χ0) is 10.8. The minimum atomic E-state index is -0.0861. The van der Waals surface area contributed by atoms with Gasteiger partial charge in [0.05, 0.1) is 5.69 Å². The molecule has 0 aliphatic rings.